The molecule has 2 N–H and O–H groups in total. The molecule has 0 fully saturated rings. The van der Waals surface area contributed by atoms with Crippen LogP contribution in [0, 0.1) is 0 Å². The molecule has 0 unspecified atom stereocenters. The molecule has 106 valence electrons. The van der Waals surface area contributed by atoms with E-state index in [4.69, 9.17) is 15.0 Å². The van der Waals surface area contributed by atoms with Gasteiger partial charge in [0.15, 0.2) is 0 Å². The Hall–Kier alpha value is -2.34. The number of rotatable bonds is 3. The van der Waals surface area contributed by atoms with Gasteiger partial charge < -0.3 is 15.0 Å². The minimum absolute atomic E-state index is 0.230. The van der Waals surface area contributed by atoms with Crippen LogP contribution in [-0.4, -0.2) is 17.3 Å². The summed E-state index contributed by atoms with van der Waals surface area (Å²) in [5.74, 6) is 0.906. The lowest BCUT2D eigenvalue weighted by molar-refractivity contribution is 0.413. The lowest BCUT2D eigenvalue weighted by Gasteiger charge is -2.08. The zero-order valence-corrected chi connectivity index (χ0v) is 12.8. The molecule has 2 aromatic heterocycles. The number of anilines is 1. The minimum atomic E-state index is 0.230. The van der Waals surface area contributed by atoms with Crippen molar-refractivity contribution in [3.8, 4) is 28.3 Å². The highest BCUT2D eigenvalue weighted by Crippen LogP contribution is 2.39. The predicted octanol–water partition coefficient (Wildman–Crippen LogP) is 3.76. The van der Waals surface area contributed by atoms with E-state index in [1.165, 1.54) is 0 Å². The fourth-order valence-electron chi connectivity index (χ4n) is 2.11. The lowest BCUT2D eigenvalue weighted by Crippen LogP contribution is -1.92. The smallest absolute Gasteiger partial charge is 0.232 e. The van der Waals surface area contributed by atoms with Crippen LogP contribution in [0.25, 0.3) is 22.5 Å². The molecule has 3 aromatic rings. The van der Waals surface area contributed by atoms with Gasteiger partial charge in [-0.1, -0.05) is 27.2 Å². The van der Waals surface area contributed by atoms with Crippen molar-refractivity contribution >= 4 is 21.8 Å². The molecule has 0 spiro atoms. The van der Waals surface area contributed by atoms with E-state index in [1.54, 1.807) is 13.3 Å². The topological polar surface area (TPSA) is 74.2 Å². The number of methoxy groups -OCH3 is 1. The molecule has 0 saturated heterocycles. The summed E-state index contributed by atoms with van der Waals surface area (Å²) in [4.78, 5) is 4.31. The highest BCUT2D eigenvalue weighted by atomic mass is 79.9. The Labute approximate surface area is 129 Å². The Kier molecular flexibility index (Phi) is 3.62. The summed E-state index contributed by atoms with van der Waals surface area (Å²) < 4.78 is 11.5. The Morgan fingerprint density at radius 1 is 1.24 bits per heavy atom. The number of nitrogen functional groups attached to an aromatic ring is 1. The van der Waals surface area contributed by atoms with Crippen LogP contribution in [0.2, 0.25) is 0 Å². The molecular weight excluding hydrogens is 334 g/mol. The molecule has 1 aromatic carbocycles. The van der Waals surface area contributed by atoms with Gasteiger partial charge in [-0.15, -0.1) is 0 Å². The second-order valence-electron chi connectivity index (χ2n) is 4.33. The number of pyridine rings is 1. The second kappa shape index (κ2) is 5.57. The molecule has 0 aliphatic rings. The van der Waals surface area contributed by atoms with E-state index >= 15 is 0 Å². The zero-order valence-electron chi connectivity index (χ0n) is 11.2. The number of aromatic nitrogens is 2. The molecule has 0 saturated carbocycles. The van der Waals surface area contributed by atoms with E-state index in [9.17, 15) is 0 Å². The predicted molar refractivity (Wildman–Crippen MR) is 83.8 cm³/mol. The van der Waals surface area contributed by atoms with Crippen molar-refractivity contribution in [1.82, 2.24) is 10.1 Å². The number of nitrogens with zero attached hydrogens (tertiary/aromatic N) is 2. The number of nitrogens with two attached hydrogens (primary N) is 1. The molecule has 2 heterocycles. The average molecular weight is 346 g/mol. The third-order valence-electron chi connectivity index (χ3n) is 3.06. The van der Waals surface area contributed by atoms with Gasteiger partial charge in [0.05, 0.1) is 18.4 Å². The van der Waals surface area contributed by atoms with Crippen molar-refractivity contribution in [3.63, 3.8) is 0 Å². The SMILES string of the molecule is COc1cc(Br)ccc1-c1noc(N)c1-c1ccccn1. The summed E-state index contributed by atoms with van der Waals surface area (Å²) in [7, 11) is 1.61. The Morgan fingerprint density at radius 2 is 2.10 bits per heavy atom. The first-order valence-electron chi connectivity index (χ1n) is 6.21. The van der Waals surface area contributed by atoms with Crippen LogP contribution in [-0.2, 0) is 0 Å². The van der Waals surface area contributed by atoms with Gasteiger partial charge >= 0.3 is 0 Å². The van der Waals surface area contributed by atoms with Gasteiger partial charge in [-0.05, 0) is 30.3 Å². The van der Waals surface area contributed by atoms with Crippen LogP contribution >= 0.6 is 15.9 Å². The van der Waals surface area contributed by atoms with E-state index in [1.807, 2.05) is 36.4 Å². The van der Waals surface area contributed by atoms with Crippen molar-refractivity contribution < 1.29 is 9.26 Å². The van der Waals surface area contributed by atoms with Gasteiger partial charge in [0, 0.05) is 16.2 Å². The van der Waals surface area contributed by atoms with Crippen molar-refractivity contribution in [2.24, 2.45) is 0 Å². The standard InChI is InChI=1S/C15H12BrN3O2/c1-20-12-8-9(16)5-6-10(12)14-13(15(17)21-19-14)11-4-2-3-7-18-11/h2-8H,17H2,1H3. The highest BCUT2D eigenvalue weighted by Gasteiger charge is 2.21. The van der Waals surface area contributed by atoms with E-state index in [-0.39, 0.29) is 5.88 Å². The summed E-state index contributed by atoms with van der Waals surface area (Å²) >= 11 is 3.42. The quantitative estimate of drug-likeness (QED) is 0.782. The first kappa shape index (κ1) is 13.6. The normalized spacial score (nSPS) is 10.6. The fourth-order valence-corrected chi connectivity index (χ4v) is 2.45. The van der Waals surface area contributed by atoms with Crippen LogP contribution in [0.3, 0.4) is 0 Å². The third kappa shape index (κ3) is 2.50. The maximum absolute atomic E-state index is 5.91. The largest absolute Gasteiger partial charge is 0.496 e. The van der Waals surface area contributed by atoms with Crippen LogP contribution < -0.4 is 10.5 Å². The van der Waals surface area contributed by atoms with Gasteiger partial charge in [0.1, 0.15) is 11.4 Å². The van der Waals surface area contributed by atoms with Gasteiger partial charge in [-0.25, -0.2) is 0 Å². The van der Waals surface area contributed by atoms with Gasteiger partial charge in [0.2, 0.25) is 5.88 Å². The van der Waals surface area contributed by atoms with E-state index in [0.29, 0.717) is 22.7 Å². The Balaban J connectivity index is 2.21. The average Bonchev–Trinajstić information content (AvgIpc) is 2.89. The summed E-state index contributed by atoms with van der Waals surface area (Å²) in [6, 6.07) is 11.3. The van der Waals surface area contributed by atoms with Crippen molar-refractivity contribution in [2.45, 2.75) is 0 Å². The first-order valence-corrected chi connectivity index (χ1v) is 7.00. The van der Waals surface area contributed by atoms with Crippen LogP contribution in [0.4, 0.5) is 5.88 Å². The van der Waals surface area contributed by atoms with Crippen molar-refractivity contribution in [3.05, 3.63) is 47.1 Å². The summed E-state index contributed by atoms with van der Waals surface area (Å²) in [5, 5.41) is 4.07. The molecule has 6 heteroatoms. The first-order chi connectivity index (χ1) is 10.2. The molecule has 0 aliphatic heterocycles. The number of benzene rings is 1. The second-order valence-corrected chi connectivity index (χ2v) is 5.25. The van der Waals surface area contributed by atoms with Gasteiger partial charge in [-0.3, -0.25) is 4.98 Å². The number of hydrogen-bond acceptors (Lipinski definition) is 5. The maximum atomic E-state index is 5.91. The van der Waals surface area contributed by atoms with Crippen molar-refractivity contribution in [2.75, 3.05) is 12.8 Å². The summed E-state index contributed by atoms with van der Waals surface area (Å²) in [6.45, 7) is 0. The zero-order chi connectivity index (χ0) is 14.8. The van der Waals surface area contributed by atoms with Crippen LogP contribution in [0.15, 0.2) is 51.6 Å². The molecule has 0 amide bonds. The maximum Gasteiger partial charge on any atom is 0.232 e. The molecule has 3 rings (SSSR count). The number of halogens is 1. The molecule has 21 heavy (non-hydrogen) atoms. The van der Waals surface area contributed by atoms with Crippen LogP contribution in [0.1, 0.15) is 0 Å². The third-order valence-corrected chi connectivity index (χ3v) is 3.55. The van der Waals surface area contributed by atoms with Gasteiger partial charge in [-0.2, -0.15) is 0 Å². The van der Waals surface area contributed by atoms with Gasteiger partial charge in [0.25, 0.3) is 0 Å². The number of hydrogen-bond donors (Lipinski definition) is 1. The molecule has 0 radical (unpaired) electrons. The van der Waals surface area contributed by atoms with E-state index < -0.39 is 0 Å². The monoisotopic (exact) mass is 345 g/mol. The lowest BCUT2D eigenvalue weighted by atomic mass is 10.0. The molecule has 0 bridgehead atoms. The Morgan fingerprint density at radius 3 is 2.81 bits per heavy atom. The summed E-state index contributed by atoms with van der Waals surface area (Å²) in [5.41, 5.74) is 8.68. The van der Waals surface area contributed by atoms with E-state index in [0.717, 1.165) is 10.0 Å². The Bertz CT molecular complexity index is 772. The molecule has 0 aliphatic carbocycles. The molecule has 0 atom stereocenters. The molecule has 5 nitrogen and oxygen atoms in total. The summed E-state index contributed by atoms with van der Waals surface area (Å²) in [6.07, 6.45) is 1.70. The fraction of sp³-hybridized carbons (Fsp3) is 0.0667. The minimum Gasteiger partial charge on any atom is -0.496 e. The van der Waals surface area contributed by atoms with E-state index in [2.05, 4.69) is 26.1 Å². The van der Waals surface area contributed by atoms with Crippen molar-refractivity contribution in [1.29, 1.82) is 0 Å². The molecular formula is C15H12BrN3O2. The number of ether oxygens (including phenoxy) is 1. The van der Waals surface area contributed by atoms with Crippen LogP contribution in [0.5, 0.6) is 5.75 Å². The highest BCUT2D eigenvalue weighted by molar-refractivity contribution is 9.10.